The molecular formula is C31H33NO3. The molecule has 0 amide bonds. The van der Waals surface area contributed by atoms with Crippen LogP contribution in [0.5, 0.6) is 17.2 Å². The fraction of sp³-hybridized carbons (Fsp3) is 0.355. The van der Waals surface area contributed by atoms with E-state index >= 15 is 0 Å². The lowest BCUT2D eigenvalue weighted by atomic mass is 9.79. The SMILES string of the molecule is COc1ccc2c(c1)CCC1=C2C(c2ccc(OCCN3CCCCC3)cc2)c2ccc(O)cc21. The van der Waals surface area contributed by atoms with Crippen LogP contribution in [0.25, 0.3) is 11.1 Å². The van der Waals surface area contributed by atoms with Crippen molar-refractivity contribution in [3.05, 3.63) is 88.5 Å². The van der Waals surface area contributed by atoms with Gasteiger partial charge in [0, 0.05) is 12.5 Å². The van der Waals surface area contributed by atoms with Crippen molar-refractivity contribution in [2.24, 2.45) is 0 Å². The number of piperidine rings is 1. The second-order valence-corrected chi connectivity index (χ2v) is 9.94. The number of rotatable bonds is 6. The molecule has 0 saturated carbocycles. The van der Waals surface area contributed by atoms with Crippen molar-refractivity contribution in [1.29, 1.82) is 0 Å². The van der Waals surface area contributed by atoms with Gasteiger partial charge in [-0.2, -0.15) is 0 Å². The first-order valence-electron chi connectivity index (χ1n) is 12.9. The molecule has 3 aromatic rings. The van der Waals surface area contributed by atoms with Crippen molar-refractivity contribution in [2.75, 3.05) is 33.4 Å². The fourth-order valence-corrected chi connectivity index (χ4v) is 6.12. The fourth-order valence-electron chi connectivity index (χ4n) is 6.12. The maximum atomic E-state index is 10.3. The van der Waals surface area contributed by atoms with Gasteiger partial charge in [-0.1, -0.05) is 30.7 Å². The minimum Gasteiger partial charge on any atom is -0.508 e. The first-order valence-corrected chi connectivity index (χ1v) is 12.9. The number of hydrogen-bond donors (Lipinski definition) is 1. The first kappa shape index (κ1) is 22.2. The van der Waals surface area contributed by atoms with Gasteiger partial charge in [0.15, 0.2) is 0 Å². The van der Waals surface area contributed by atoms with Crippen LogP contribution in [-0.4, -0.2) is 43.4 Å². The molecule has 1 fully saturated rings. The topological polar surface area (TPSA) is 41.9 Å². The molecule has 1 unspecified atom stereocenters. The minimum absolute atomic E-state index is 0.149. The number of allylic oxidation sites excluding steroid dienone is 2. The summed E-state index contributed by atoms with van der Waals surface area (Å²) in [7, 11) is 1.72. The van der Waals surface area contributed by atoms with Gasteiger partial charge in [-0.3, -0.25) is 4.90 Å². The van der Waals surface area contributed by atoms with Crippen LogP contribution in [0.2, 0.25) is 0 Å². The van der Waals surface area contributed by atoms with E-state index < -0.39 is 0 Å². The predicted octanol–water partition coefficient (Wildman–Crippen LogP) is 6.27. The molecule has 4 nitrogen and oxygen atoms in total. The van der Waals surface area contributed by atoms with Crippen molar-refractivity contribution in [3.8, 4) is 17.2 Å². The Kier molecular flexibility index (Phi) is 5.99. The number of methoxy groups -OCH3 is 1. The van der Waals surface area contributed by atoms with E-state index in [1.54, 1.807) is 7.11 Å². The molecular weight excluding hydrogens is 434 g/mol. The third kappa shape index (κ3) is 4.21. The lowest BCUT2D eigenvalue weighted by Gasteiger charge is -2.26. The summed E-state index contributed by atoms with van der Waals surface area (Å²) in [4.78, 5) is 2.51. The number of benzene rings is 3. The van der Waals surface area contributed by atoms with Gasteiger partial charge in [-0.05, 0) is 114 Å². The molecule has 180 valence electrons. The van der Waals surface area contributed by atoms with Crippen molar-refractivity contribution < 1.29 is 14.6 Å². The number of nitrogens with zero attached hydrogens (tertiary/aromatic N) is 1. The van der Waals surface area contributed by atoms with Gasteiger partial charge < -0.3 is 14.6 Å². The summed E-state index contributed by atoms with van der Waals surface area (Å²) < 4.78 is 11.6. The third-order valence-electron chi connectivity index (χ3n) is 7.87. The Morgan fingerprint density at radius 2 is 1.66 bits per heavy atom. The van der Waals surface area contributed by atoms with Crippen LogP contribution in [0.1, 0.15) is 59.4 Å². The van der Waals surface area contributed by atoms with Crippen LogP contribution in [0, 0.1) is 0 Å². The Labute approximate surface area is 207 Å². The maximum Gasteiger partial charge on any atom is 0.119 e. The lowest BCUT2D eigenvalue weighted by molar-refractivity contribution is 0.183. The molecule has 35 heavy (non-hydrogen) atoms. The zero-order chi connectivity index (χ0) is 23.8. The summed E-state index contributed by atoms with van der Waals surface area (Å²) in [5.74, 6) is 2.31. The Morgan fingerprint density at radius 3 is 2.46 bits per heavy atom. The monoisotopic (exact) mass is 467 g/mol. The van der Waals surface area contributed by atoms with Crippen LogP contribution in [0.3, 0.4) is 0 Å². The minimum atomic E-state index is 0.149. The van der Waals surface area contributed by atoms with E-state index in [0.717, 1.165) is 37.5 Å². The maximum absolute atomic E-state index is 10.3. The molecule has 1 aliphatic heterocycles. The number of aryl methyl sites for hydroxylation is 1. The first-order chi connectivity index (χ1) is 17.2. The Balaban J connectivity index is 1.29. The van der Waals surface area contributed by atoms with Crippen molar-refractivity contribution in [1.82, 2.24) is 4.90 Å². The quantitative estimate of drug-likeness (QED) is 0.464. The summed E-state index contributed by atoms with van der Waals surface area (Å²) >= 11 is 0. The second-order valence-electron chi connectivity index (χ2n) is 9.94. The normalized spacial score (nSPS) is 19.2. The standard InChI is InChI=1S/C31H33NO3/c1-34-25-11-14-26-22(19-25)7-12-28-29-20-23(33)8-13-27(29)30(31(26)28)21-5-9-24(10-6-21)35-18-17-32-15-3-2-4-16-32/h5-6,8-11,13-14,19-20,30,33H,2-4,7,12,15-18H2,1H3. The molecule has 0 aromatic heterocycles. The van der Waals surface area contributed by atoms with E-state index in [1.165, 1.54) is 71.3 Å². The molecule has 4 heteroatoms. The summed E-state index contributed by atoms with van der Waals surface area (Å²) in [6, 6.07) is 21.0. The number of fused-ring (bicyclic) bond motifs is 4. The van der Waals surface area contributed by atoms with Gasteiger partial charge >= 0.3 is 0 Å². The molecule has 1 heterocycles. The summed E-state index contributed by atoms with van der Waals surface area (Å²) in [5, 5.41) is 10.3. The number of ether oxygens (including phenoxy) is 2. The highest BCUT2D eigenvalue weighted by atomic mass is 16.5. The average molecular weight is 468 g/mol. The molecule has 0 bridgehead atoms. The van der Waals surface area contributed by atoms with E-state index in [0.29, 0.717) is 5.75 Å². The molecule has 3 aromatic carbocycles. The molecule has 3 aliphatic rings. The Morgan fingerprint density at radius 1 is 0.857 bits per heavy atom. The number of phenols is 1. The summed E-state index contributed by atoms with van der Waals surface area (Å²) in [6.45, 7) is 4.13. The second kappa shape index (κ2) is 9.43. The highest BCUT2D eigenvalue weighted by Crippen LogP contribution is 2.55. The van der Waals surface area contributed by atoms with Crippen molar-refractivity contribution >= 4 is 11.1 Å². The van der Waals surface area contributed by atoms with E-state index in [1.807, 2.05) is 12.1 Å². The number of likely N-dealkylation sites (tertiary alicyclic amines) is 1. The highest BCUT2D eigenvalue weighted by molar-refractivity contribution is 6.03. The van der Waals surface area contributed by atoms with E-state index in [2.05, 4.69) is 53.4 Å². The molecule has 1 atom stereocenters. The van der Waals surface area contributed by atoms with Crippen molar-refractivity contribution in [2.45, 2.75) is 38.0 Å². The van der Waals surface area contributed by atoms with E-state index in [9.17, 15) is 5.11 Å². The number of hydrogen-bond acceptors (Lipinski definition) is 4. The van der Waals surface area contributed by atoms with Crippen molar-refractivity contribution in [3.63, 3.8) is 0 Å². The van der Waals surface area contributed by atoms with Gasteiger partial charge in [0.25, 0.3) is 0 Å². The largest absolute Gasteiger partial charge is 0.508 e. The van der Waals surface area contributed by atoms with Gasteiger partial charge in [-0.25, -0.2) is 0 Å². The van der Waals surface area contributed by atoms with Crippen LogP contribution >= 0.6 is 0 Å². The molecule has 6 rings (SSSR count). The van der Waals surface area contributed by atoms with E-state index in [-0.39, 0.29) is 5.92 Å². The van der Waals surface area contributed by atoms with Crippen LogP contribution in [-0.2, 0) is 6.42 Å². The zero-order valence-corrected chi connectivity index (χ0v) is 20.4. The van der Waals surface area contributed by atoms with Crippen LogP contribution in [0.4, 0.5) is 0 Å². The lowest BCUT2D eigenvalue weighted by Crippen LogP contribution is -2.33. The van der Waals surface area contributed by atoms with Crippen LogP contribution in [0.15, 0.2) is 60.7 Å². The van der Waals surface area contributed by atoms with E-state index in [4.69, 9.17) is 9.47 Å². The smallest absolute Gasteiger partial charge is 0.119 e. The molecule has 0 spiro atoms. The Hall–Kier alpha value is -3.24. The number of phenolic OH excluding ortho intramolecular Hbond substituents is 1. The van der Waals surface area contributed by atoms with Gasteiger partial charge in [0.05, 0.1) is 7.11 Å². The van der Waals surface area contributed by atoms with Crippen LogP contribution < -0.4 is 9.47 Å². The third-order valence-corrected chi connectivity index (χ3v) is 7.87. The molecule has 0 radical (unpaired) electrons. The van der Waals surface area contributed by atoms with Gasteiger partial charge in [-0.15, -0.1) is 0 Å². The molecule has 1 N–H and O–H groups in total. The molecule has 2 aliphatic carbocycles. The molecule has 1 saturated heterocycles. The zero-order valence-electron chi connectivity index (χ0n) is 20.4. The summed E-state index contributed by atoms with van der Waals surface area (Å²) in [5.41, 5.74) is 9.09. The number of aromatic hydroxyl groups is 1. The van der Waals surface area contributed by atoms with Gasteiger partial charge in [0.2, 0.25) is 0 Å². The summed E-state index contributed by atoms with van der Waals surface area (Å²) in [6.07, 6.45) is 5.93. The average Bonchev–Trinajstić information content (AvgIpc) is 3.23. The van der Waals surface area contributed by atoms with Gasteiger partial charge in [0.1, 0.15) is 23.9 Å². The highest BCUT2D eigenvalue weighted by Gasteiger charge is 2.36. The predicted molar refractivity (Wildman–Crippen MR) is 140 cm³/mol. The Bertz CT molecular complexity index is 1250.